The van der Waals surface area contributed by atoms with Crippen LogP contribution in [0.15, 0.2) is 44.4 Å². The molecule has 0 fully saturated rings. The maximum absolute atomic E-state index is 12.3. The summed E-state index contributed by atoms with van der Waals surface area (Å²) < 4.78 is 34.9. The topological polar surface area (TPSA) is 93.9 Å². The molecule has 0 amide bonds. The van der Waals surface area contributed by atoms with Gasteiger partial charge in [0.05, 0.1) is 12.0 Å². The number of hydrogen-bond donors (Lipinski definition) is 0. The molecule has 112 valence electrons. The van der Waals surface area contributed by atoms with Gasteiger partial charge in [-0.3, -0.25) is 4.79 Å². The average Bonchev–Trinajstić information content (AvgIpc) is 2.46. The molecule has 21 heavy (non-hydrogen) atoms. The van der Waals surface area contributed by atoms with Gasteiger partial charge in [-0.05, 0) is 24.3 Å². The van der Waals surface area contributed by atoms with Crippen molar-refractivity contribution in [3.8, 4) is 0 Å². The van der Waals surface area contributed by atoms with Crippen LogP contribution in [0.3, 0.4) is 0 Å². The number of benzene rings is 1. The first-order chi connectivity index (χ1) is 9.84. The third kappa shape index (κ3) is 3.11. The second kappa shape index (κ2) is 5.66. The molecule has 0 bridgehead atoms. The van der Waals surface area contributed by atoms with Crippen molar-refractivity contribution in [2.75, 3.05) is 20.7 Å². The summed E-state index contributed by atoms with van der Waals surface area (Å²) in [6, 6.07) is 6.77. The maximum Gasteiger partial charge on any atom is 0.336 e. The summed E-state index contributed by atoms with van der Waals surface area (Å²) in [7, 11) is -1.37. The summed E-state index contributed by atoms with van der Waals surface area (Å²) in [5, 5.41) is 0.474. The molecule has 0 saturated heterocycles. The van der Waals surface area contributed by atoms with Crippen LogP contribution in [0.2, 0.25) is 0 Å². The third-order valence-corrected chi connectivity index (χ3v) is 4.68. The van der Waals surface area contributed by atoms with Crippen molar-refractivity contribution in [1.29, 1.82) is 0 Å². The van der Waals surface area contributed by atoms with Gasteiger partial charge in [-0.2, -0.15) is 4.31 Å². The Morgan fingerprint density at radius 2 is 2.00 bits per heavy atom. The van der Waals surface area contributed by atoms with Crippen LogP contribution in [-0.4, -0.2) is 39.4 Å². The molecule has 7 nitrogen and oxygen atoms in total. The number of methoxy groups -OCH3 is 1. The highest BCUT2D eigenvalue weighted by Gasteiger charge is 2.23. The molecule has 0 aliphatic rings. The van der Waals surface area contributed by atoms with Crippen LogP contribution < -0.4 is 5.63 Å². The van der Waals surface area contributed by atoms with Gasteiger partial charge in [0.25, 0.3) is 0 Å². The van der Waals surface area contributed by atoms with Crippen molar-refractivity contribution in [1.82, 2.24) is 4.31 Å². The lowest BCUT2D eigenvalue weighted by molar-refractivity contribution is -0.140. The van der Waals surface area contributed by atoms with Gasteiger partial charge in [0, 0.05) is 18.5 Å². The lowest BCUT2D eigenvalue weighted by atomic mass is 10.2. The van der Waals surface area contributed by atoms with Crippen LogP contribution in [0.4, 0.5) is 0 Å². The van der Waals surface area contributed by atoms with Gasteiger partial charge in [-0.25, -0.2) is 13.2 Å². The van der Waals surface area contributed by atoms with E-state index >= 15 is 0 Å². The molecule has 0 unspecified atom stereocenters. The van der Waals surface area contributed by atoms with Gasteiger partial charge in [-0.1, -0.05) is 0 Å². The van der Waals surface area contributed by atoms with Gasteiger partial charge >= 0.3 is 11.6 Å². The molecule has 0 aliphatic heterocycles. The van der Waals surface area contributed by atoms with Gasteiger partial charge in [-0.15, -0.1) is 0 Å². The zero-order valence-electron chi connectivity index (χ0n) is 11.4. The first-order valence-corrected chi connectivity index (χ1v) is 7.35. The van der Waals surface area contributed by atoms with Crippen LogP contribution in [0.1, 0.15) is 0 Å². The Bertz CT molecular complexity index is 839. The molecular formula is C13H13NO6S. The van der Waals surface area contributed by atoms with E-state index in [2.05, 4.69) is 4.74 Å². The van der Waals surface area contributed by atoms with Crippen LogP contribution in [0.5, 0.6) is 0 Å². The van der Waals surface area contributed by atoms with E-state index in [9.17, 15) is 18.0 Å². The van der Waals surface area contributed by atoms with Crippen molar-refractivity contribution >= 4 is 27.0 Å². The fourth-order valence-corrected chi connectivity index (χ4v) is 2.87. The number of rotatable bonds is 4. The molecule has 2 rings (SSSR count). The van der Waals surface area contributed by atoms with Crippen molar-refractivity contribution in [2.24, 2.45) is 0 Å². The minimum Gasteiger partial charge on any atom is -0.468 e. The molecule has 0 aliphatic carbocycles. The summed E-state index contributed by atoms with van der Waals surface area (Å²) in [5.74, 6) is -0.659. The van der Waals surface area contributed by atoms with Crippen LogP contribution in [0, 0.1) is 0 Å². The molecule has 8 heteroatoms. The Labute approximate surface area is 120 Å². The van der Waals surface area contributed by atoms with Crippen LogP contribution >= 0.6 is 0 Å². The van der Waals surface area contributed by atoms with E-state index in [-0.39, 0.29) is 17.0 Å². The number of fused-ring (bicyclic) bond motifs is 1. The Morgan fingerprint density at radius 1 is 1.29 bits per heavy atom. The largest absolute Gasteiger partial charge is 0.468 e. The van der Waals surface area contributed by atoms with Gasteiger partial charge < -0.3 is 9.15 Å². The SMILES string of the molecule is COC(=O)CN(C)S(=O)(=O)c1ccc2oc(=O)ccc2c1. The number of carbonyl (C=O) groups is 1. The quantitative estimate of drug-likeness (QED) is 0.606. The summed E-state index contributed by atoms with van der Waals surface area (Å²) in [4.78, 5) is 22.3. The van der Waals surface area contributed by atoms with E-state index in [1.807, 2.05) is 0 Å². The van der Waals surface area contributed by atoms with E-state index in [1.54, 1.807) is 0 Å². The highest BCUT2D eigenvalue weighted by molar-refractivity contribution is 7.89. The first kappa shape index (κ1) is 15.2. The van der Waals surface area contributed by atoms with E-state index < -0.39 is 21.6 Å². The lowest BCUT2D eigenvalue weighted by Gasteiger charge is -2.15. The highest BCUT2D eigenvalue weighted by Crippen LogP contribution is 2.20. The normalized spacial score (nSPS) is 11.8. The van der Waals surface area contributed by atoms with Crippen molar-refractivity contribution < 1.29 is 22.4 Å². The predicted molar refractivity (Wildman–Crippen MR) is 74.3 cm³/mol. The smallest absolute Gasteiger partial charge is 0.336 e. The van der Waals surface area contributed by atoms with Crippen molar-refractivity contribution in [2.45, 2.75) is 4.90 Å². The molecule has 2 aromatic rings. The zero-order valence-corrected chi connectivity index (χ0v) is 12.2. The predicted octanol–water partition coefficient (Wildman–Crippen LogP) is 0.586. The second-order valence-corrected chi connectivity index (χ2v) is 6.34. The van der Waals surface area contributed by atoms with Gasteiger partial charge in [0.1, 0.15) is 12.1 Å². The molecule has 0 atom stereocenters. The molecular weight excluding hydrogens is 298 g/mol. The lowest BCUT2D eigenvalue weighted by Crippen LogP contribution is -2.32. The number of likely N-dealkylation sites (N-methyl/N-ethyl adjacent to an activating group) is 1. The second-order valence-electron chi connectivity index (χ2n) is 4.29. The van der Waals surface area contributed by atoms with E-state index in [0.29, 0.717) is 5.39 Å². The van der Waals surface area contributed by atoms with Crippen molar-refractivity contribution in [3.63, 3.8) is 0 Å². The summed E-state index contributed by atoms with van der Waals surface area (Å²) in [5.41, 5.74) is -0.224. The highest BCUT2D eigenvalue weighted by atomic mass is 32.2. The number of carbonyl (C=O) groups excluding carboxylic acids is 1. The number of hydrogen-bond acceptors (Lipinski definition) is 6. The molecule has 1 aromatic carbocycles. The Balaban J connectivity index is 2.42. The molecule has 0 N–H and O–H groups in total. The molecule has 0 saturated carbocycles. The first-order valence-electron chi connectivity index (χ1n) is 5.91. The summed E-state index contributed by atoms with van der Waals surface area (Å²) in [6.45, 7) is -0.388. The minimum atomic E-state index is -3.83. The summed E-state index contributed by atoms with van der Waals surface area (Å²) >= 11 is 0. The number of ether oxygens (including phenoxy) is 1. The van der Waals surface area contributed by atoms with Gasteiger partial charge in [0.2, 0.25) is 10.0 Å². The maximum atomic E-state index is 12.3. The Hall–Kier alpha value is -2.19. The molecule has 0 spiro atoms. The van der Waals surface area contributed by atoms with E-state index in [0.717, 1.165) is 4.31 Å². The molecule has 1 heterocycles. The number of esters is 1. The third-order valence-electron chi connectivity index (χ3n) is 2.88. The fraction of sp³-hybridized carbons (Fsp3) is 0.231. The Kier molecular flexibility index (Phi) is 4.10. The minimum absolute atomic E-state index is 0.00440. The van der Waals surface area contributed by atoms with Crippen LogP contribution in [-0.2, 0) is 19.6 Å². The Morgan fingerprint density at radius 3 is 2.67 bits per heavy atom. The zero-order chi connectivity index (χ0) is 15.6. The fourth-order valence-electron chi connectivity index (χ4n) is 1.72. The van der Waals surface area contributed by atoms with E-state index in [1.165, 1.54) is 44.5 Å². The average molecular weight is 311 g/mol. The molecule has 1 aromatic heterocycles. The van der Waals surface area contributed by atoms with Crippen LogP contribution in [0.25, 0.3) is 11.0 Å². The van der Waals surface area contributed by atoms with Gasteiger partial charge in [0.15, 0.2) is 0 Å². The number of sulfonamides is 1. The standard InChI is InChI=1S/C13H13NO6S/c1-14(8-13(16)19-2)21(17,18)10-4-5-11-9(7-10)3-6-12(15)20-11/h3-7H,8H2,1-2H3. The van der Waals surface area contributed by atoms with E-state index in [4.69, 9.17) is 4.42 Å². The summed E-state index contributed by atoms with van der Waals surface area (Å²) in [6.07, 6.45) is 0. The monoisotopic (exact) mass is 311 g/mol. The van der Waals surface area contributed by atoms with Crippen molar-refractivity contribution in [3.05, 3.63) is 40.8 Å². The molecule has 0 radical (unpaired) electrons. The number of nitrogens with zero attached hydrogens (tertiary/aromatic N) is 1.